The Kier molecular flexibility index (Phi) is 5.91. The van der Waals surface area contributed by atoms with Crippen molar-refractivity contribution in [3.8, 4) is 18.1 Å². The zero-order chi connectivity index (χ0) is 17.5. The Labute approximate surface area is 142 Å². The molecule has 0 aliphatic carbocycles. The average Bonchev–Trinajstić information content (AvgIpc) is 2.60. The fourth-order valence-corrected chi connectivity index (χ4v) is 2.39. The van der Waals surface area contributed by atoms with Crippen molar-refractivity contribution in [3.63, 3.8) is 0 Å². The van der Waals surface area contributed by atoms with E-state index >= 15 is 0 Å². The molecule has 1 heterocycles. The zero-order valence-electron chi connectivity index (χ0n) is 14.2. The van der Waals surface area contributed by atoms with Gasteiger partial charge in [-0.15, -0.1) is 6.42 Å². The monoisotopic (exact) mass is 323 g/mol. The highest BCUT2D eigenvalue weighted by molar-refractivity contribution is 5.94. The van der Waals surface area contributed by atoms with E-state index in [0.29, 0.717) is 30.1 Å². The van der Waals surface area contributed by atoms with E-state index in [-0.39, 0.29) is 12.5 Å². The van der Waals surface area contributed by atoms with E-state index in [0.717, 1.165) is 11.3 Å². The number of aryl methyl sites for hydroxylation is 2. The van der Waals surface area contributed by atoms with Crippen LogP contribution in [-0.2, 0) is 13.0 Å². The van der Waals surface area contributed by atoms with E-state index in [9.17, 15) is 4.79 Å². The Hall–Kier alpha value is -2.87. The molecule has 0 fully saturated rings. The molecule has 0 aliphatic rings. The molecule has 0 saturated heterocycles. The summed E-state index contributed by atoms with van der Waals surface area (Å²) >= 11 is 0. The molecule has 0 N–H and O–H groups in total. The normalized spacial score (nSPS) is 10.1. The van der Waals surface area contributed by atoms with Gasteiger partial charge in [0.2, 0.25) is 0 Å². The third-order valence-electron chi connectivity index (χ3n) is 3.59. The number of hydrogen-bond donors (Lipinski definition) is 0. The third-order valence-corrected chi connectivity index (χ3v) is 3.59. The van der Waals surface area contributed by atoms with Gasteiger partial charge in [0.05, 0.1) is 11.3 Å². The lowest BCUT2D eigenvalue weighted by Gasteiger charge is -2.20. The van der Waals surface area contributed by atoms with Crippen LogP contribution in [0.15, 0.2) is 30.5 Å². The number of hydrogen-bond acceptors (Lipinski definition) is 4. The van der Waals surface area contributed by atoms with E-state index < -0.39 is 0 Å². The fourth-order valence-electron chi connectivity index (χ4n) is 2.39. The summed E-state index contributed by atoms with van der Waals surface area (Å²) in [5.74, 6) is 3.69. The summed E-state index contributed by atoms with van der Waals surface area (Å²) in [6, 6.07) is 7.54. The summed E-state index contributed by atoms with van der Waals surface area (Å²) in [6.07, 6.45) is 7.52. The minimum absolute atomic E-state index is 0.112. The first-order valence-electron chi connectivity index (χ1n) is 7.79. The van der Waals surface area contributed by atoms with Gasteiger partial charge in [0, 0.05) is 25.4 Å². The molecule has 2 aromatic rings. The van der Waals surface area contributed by atoms with E-state index in [1.165, 1.54) is 0 Å². The van der Waals surface area contributed by atoms with Crippen LogP contribution in [0.2, 0.25) is 0 Å². The van der Waals surface area contributed by atoms with Crippen molar-refractivity contribution in [1.82, 2.24) is 14.9 Å². The van der Waals surface area contributed by atoms with Crippen LogP contribution in [0.5, 0.6) is 5.75 Å². The second kappa shape index (κ2) is 8.11. The first-order valence-corrected chi connectivity index (χ1v) is 7.79. The number of amides is 1. The molecule has 0 aliphatic heterocycles. The molecule has 0 spiro atoms. The fraction of sp³-hybridized carbons (Fsp3) is 0.316. The van der Waals surface area contributed by atoms with Gasteiger partial charge in [-0.05, 0) is 19.4 Å². The third kappa shape index (κ3) is 4.11. The molecule has 0 atom stereocenters. The zero-order valence-corrected chi connectivity index (χ0v) is 14.2. The van der Waals surface area contributed by atoms with Crippen LogP contribution < -0.4 is 4.74 Å². The smallest absolute Gasteiger partial charge is 0.257 e. The number of carbonyl (C=O) groups is 1. The summed E-state index contributed by atoms with van der Waals surface area (Å²) in [6.45, 7) is 4.40. The van der Waals surface area contributed by atoms with Crippen LogP contribution in [0.1, 0.15) is 34.4 Å². The molecule has 1 aromatic carbocycles. The van der Waals surface area contributed by atoms with Crippen molar-refractivity contribution in [1.29, 1.82) is 0 Å². The number of benzene rings is 1. The molecule has 0 unspecified atom stereocenters. The van der Waals surface area contributed by atoms with Crippen LogP contribution >= 0.6 is 0 Å². The summed E-state index contributed by atoms with van der Waals surface area (Å²) < 4.78 is 5.53. The maximum absolute atomic E-state index is 12.7. The quantitative estimate of drug-likeness (QED) is 0.767. The highest BCUT2D eigenvalue weighted by atomic mass is 16.5. The predicted molar refractivity (Wildman–Crippen MR) is 92.7 cm³/mol. The van der Waals surface area contributed by atoms with Crippen LogP contribution in [0, 0.1) is 19.3 Å². The average molecular weight is 323 g/mol. The summed E-state index contributed by atoms with van der Waals surface area (Å²) in [4.78, 5) is 22.9. The van der Waals surface area contributed by atoms with Crippen molar-refractivity contribution < 1.29 is 9.53 Å². The van der Waals surface area contributed by atoms with Gasteiger partial charge >= 0.3 is 0 Å². The Morgan fingerprint density at radius 3 is 2.83 bits per heavy atom. The van der Waals surface area contributed by atoms with Crippen molar-refractivity contribution in [2.24, 2.45) is 0 Å². The lowest BCUT2D eigenvalue weighted by molar-refractivity contribution is 0.0782. The number of carbonyl (C=O) groups excluding carboxylic acids is 1. The lowest BCUT2D eigenvalue weighted by atomic mass is 10.1. The molecule has 0 saturated carbocycles. The van der Waals surface area contributed by atoms with Gasteiger partial charge in [-0.1, -0.05) is 31.0 Å². The summed E-state index contributed by atoms with van der Waals surface area (Å²) in [5.41, 5.74) is 2.19. The van der Waals surface area contributed by atoms with E-state index in [2.05, 4.69) is 15.9 Å². The number of para-hydroxylation sites is 1. The van der Waals surface area contributed by atoms with Gasteiger partial charge in [-0.3, -0.25) is 4.79 Å². The Bertz CT molecular complexity index is 765. The standard InChI is InChI=1S/C19H21N3O2/c1-5-11-24-18-10-8-7-9-15(18)13-22(4)19(23)16-12-20-14(3)21-17(16)6-2/h1,7-10,12H,6,11,13H2,2-4H3. The number of ether oxygens (including phenoxy) is 1. The highest BCUT2D eigenvalue weighted by Gasteiger charge is 2.18. The van der Waals surface area contributed by atoms with E-state index in [1.54, 1.807) is 18.1 Å². The molecule has 5 heteroatoms. The molecule has 1 aromatic heterocycles. The number of rotatable bonds is 6. The number of terminal acetylenes is 1. The first kappa shape index (κ1) is 17.5. The Balaban J connectivity index is 2.20. The van der Waals surface area contributed by atoms with Gasteiger partial charge in [0.15, 0.2) is 0 Å². The second-order valence-electron chi connectivity index (χ2n) is 5.39. The molecule has 124 valence electrons. The van der Waals surface area contributed by atoms with Crippen LogP contribution in [0.25, 0.3) is 0 Å². The largest absolute Gasteiger partial charge is 0.481 e. The van der Waals surface area contributed by atoms with Crippen molar-refractivity contribution in [3.05, 3.63) is 53.1 Å². The van der Waals surface area contributed by atoms with Gasteiger partial charge in [0.1, 0.15) is 18.2 Å². The highest BCUT2D eigenvalue weighted by Crippen LogP contribution is 2.20. The van der Waals surface area contributed by atoms with Crippen molar-refractivity contribution >= 4 is 5.91 Å². The molecule has 1 amide bonds. The topological polar surface area (TPSA) is 55.3 Å². The van der Waals surface area contributed by atoms with E-state index in [1.807, 2.05) is 38.1 Å². The SMILES string of the molecule is C#CCOc1ccccc1CN(C)C(=O)c1cnc(C)nc1CC. The first-order chi connectivity index (χ1) is 11.6. The van der Waals surface area contributed by atoms with E-state index in [4.69, 9.17) is 11.2 Å². The second-order valence-corrected chi connectivity index (χ2v) is 5.39. The minimum Gasteiger partial charge on any atom is -0.481 e. The predicted octanol–water partition coefficient (Wildman–Crippen LogP) is 2.63. The van der Waals surface area contributed by atoms with Crippen LogP contribution in [-0.4, -0.2) is 34.4 Å². The van der Waals surface area contributed by atoms with Crippen molar-refractivity contribution in [2.75, 3.05) is 13.7 Å². The maximum Gasteiger partial charge on any atom is 0.257 e. The molecular weight excluding hydrogens is 302 g/mol. The Morgan fingerprint density at radius 2 is 2.12 bits per heavy atom. The molecular formula is C19H21N3O2. The molecule has 5 nitrogen and oxygen atoms in total. The lowest BCUT2D eigenvalue weighted by Crippen LogP contribution is -2.28. The Morgan fingerprint density at radius 1 is 1.38 bits per heavy atom. The summed E-state index contributed by atoms with van der Waals surface area (Å²) in [7, 11) is 1.75. The van der Waals surface area contributed by atoms with Gasteiger partial charge in [-0.2, -0.15) is 0 Å². The molecule has 24 heavy (non-hydrogen) atoms. The van der Waals surface area contributed by atoms with Gasteiger partial charge in [0.25, 0.3) is 5.91 Å². The van der Waals surface area contributed by atoms with Gasteiger partial charge in [-0.25, -0.2) is 9.97 Å². The minimum atomic E-state index is -0.112. The molecule has 0 bridgehead atoms. The van der Waals surface area contributed by atoms with Crippen molar-refractivity contribution in [2.45, 2.75) is 26.8 Å². The van der Waals surface area contributed by atoms with Crippen LogP contribution in [0.3, 0.4) is 0 Å². The maximum atomic E-state index is 12.7. The number of nitrogens with zero attached hydrogens (tertiary/aromatic N) is 3. The number of aromatic nitrogens is 2. The van der Waals surface area contributed by atoms with Gasteiger partial charge < -0.3 is 9.64 Å². The summed E-state index contributed by atoms with van der Waals surface area (Å²) in [5, 5.41) is 0. The van der Waals surface area contributed by atoms with Crippen LogP contribution in [0.4, 0.5) is 0 Å². The molecule has 0 radical (unpaired) electrons. The molecule has 2 rings (SSSR count).